The maximum absolute atomic E-state index is 12.6. The van der Waals surface area contributed by atoms with Crippen LogP contribution in [-0.2, 0) is 15.6 Å². The summed E-state index contributed by atoms with van der Waals surface area (Å²) in [4.78, 5) is 23.5. The van der Waals surface area contributed by atoms with Gasteiger partial charge in [-0.15, -0.1) is 24.0 Å². The van der Waals surface area contributed by atoms with Crippen LogP contribution in [0.5, 0.6) is 0 Å². The summed E-state index contributed by atoms with van der Waals surface area (Å²) < 4.78 is 12.0. The van der Waals surface area contributed by atoms with Crippen LogP contribution in [0.1, 0.15) is 40.5 Å². The third-order valence-corrected chi connectivity index (χ3v) is 7.34. The van der Waals surface area contributed by atoms with Crippen LogP contribution < -0.4 is 5.32 Å². The molecule has 1 amide bonds. The molecule has 0 aromatic carbocycles. The van der Waals surface area contributed by atoms with Crippen molar-refractivity contribution in [2.45, 2.75) is 51.3 Å². The zero-order valence-corrected chi connectivity index (χ0v) is 21.2. The first-order valence-corrected chi connectivity index (χ1v) is 11.4. The number of hydrogen-bond donors (Lipinski definition) is 1. The van der Waals surface area contributed by atoms with E-state index in [4.69, 9.17) is 0 Å². The van der Waals surface area contributed by atoms with E-state index in [9.17, 15) is 9.00 Å². The molecule has 0 radical (unpaired) electrons. The van der Waals surface area contributed by atoms with Crippen molar-refractivity contribution < 1.29 is 9.00 Å². The van der Waals surface area contributed by atoms with Crippen LogP contribution in [-0.4, -0.2) is 100 Å². The number of nitrogens with zero attached hydrogens (tertiary/aromatic N) is 4. The molecule has 0 spiro atoms. The lowest BCUT2D eigenvalue weighted by Crippen LogP contribution is -2.57. The molecule has 164 valence electrons. The van der Waals surface area contributed by atoms with Gasteiger partial charge in [0.1, 0.15) is 0 Å². The molecule has 0 aromatic heterocycles. The van der Waals surface area contributed by atoms with Crippen molar-refractivity contribution in [3.63, 3.8) is 0 Å². The summed E-state index contributed by atoms with van der Waals surface area (Å²) in [6.45, 7) is 13.9. The van der Waals surface area contributed by atoms with Crippen molar-refractivity contribution in [2.75, 3.05) is 58.6 Å². The number of carbonyl (C=O) groups excluding carboxylic acids is 1. The van der Waals surface area contributed by atoms with E-state index in [1.54, 1.807) is 7.05 Å². The van der Waals surface area contributed by atoms with Crippen molar-refractivity contribution >= 4 is 46.6 Å². The molecule has 0 bridgehead atoms. The topological polar surface area (TPSA) is 68.2 Å². The summed E-state index contributed by atoms with van der Waals surface area (Å²) in [5.41, 5.74) is 0. The summed E-state index contributed by atoms with van der Waals surface area (Å²) >= 11 is 0. The highest BCUT2D eigenvalue weighted by Crippen LogP contribution is 2.14. The van der Waals surface area contributed by atoms with Crippen molar-refractivity contribution in [3.8, 4) is 0 Å². The normalized spacial score (nSPS) is 21.2. The lowest BCUT2D eigenvalue weighted by atomic mass is 10.2. The minimum atomic E-state index is -0.866. The quantitative estimate of drug-likeness (QED) is 0.332. The van der Waals surface area contributed by atoms with Crippen molar-refractivity contribution in [3.05, 3.63) is 0 Å². The van der Waals surface area contributed by atoms with E-state index >= 15 is 0 Å². The van der Waals surface area contributed by atoms with Gasteiger partial charge in [0.25, 0.3) is 0 Å². The SMILES string of the molecule is CN=C(NCCS(=O)C(C)(C)C)N1CCN(C(C)C(=O)N2CCCC2)CC1.I. The second-order valence-corrected chi connectivity index (χ2v) is 10.7. The van der Waals surface area contributed by atoms with E-state index in [0.29, 0.717) is 12.3 Å². The lowest BCUT2D eigenvalue weighted by molar-refractivity contribution is -0.135. The number of likely N-dealkylation sites (tertiary alicyclic amines) is 1. The Morgan fingerprint density at radius 3 is 2.14 bits per heavy atom. The molecular weight excluding hydrogens is 489 g/mol. The molecular formula is C19H38IN5O2S. The second-order valence-electron chi connectivity index (χ2n) is 8.37. The fraction of sp³-hybridized carbons (Fsp3) is 0.895. The van der Waals surface area contributed by atoms with Gasteiger partial charge in [0.05, 0.1) is 6.04 Å². The largest absolute Gasteiger partial charge is 0.355 e. The molecule has 2 aliphatic rings. The van der Waals surface area contributed by atoms with E-state index in [1.165, 1.54) is 0 Å². The highest BCUT2D eigenvalue weighted by molar-refractivity contribution is 14.0. The van der Waals surface area contributed by atoms with Gasteiger partial charge in [-0.1, -0.05) is 0 Å². The van der Waals surface area contributed by atoms with Gasteiger partial charge in [0, 0.05) is 74.2 Å². The number of guanidine groups is 1. The van der Waals surface area contributed by atoms with Gasteiger partial charge in [-0.3, -0.25) is 18.9 Å². The van der Waals surface area contributed by atoms with Crippen LogP contribution in [0.15, 0.2) is 4.99 Å². The fourth-order valence-corrected chi connectivity index (χ4v) is 4.47. The van der Waals surface area contributed by atoms with Crippen molar-refractivity contribution in [1.82, 2.24) is 20.0 Å². The Hall–Kier alpha value is -0.420. The van der Waals surface area contributed by atoms with Gasteiger partial charge in [0.2, 0.25) is 5.91 Å². The first-order valence-electron chi connectivity index (χ1n) is 10.1. The monoisotopic (exact) mass is 527 g/mol. The zero-order valence-electron chi connectivity index (χ0n) is 18.1. The van der Waals surface area contributed by atoms with Crippen molar-refractivity contribution in [2.24, 2.45) is 4.99 Å². The van der Waals surface area contributed by atoms with Gasteiger partial charge in [-0.25, -0.2) is 0 Å². The molecule has 9 heteroatoms. The number of halogens is 1. The maximum Gasteiger partial charge on any atom is 0.239 e. The molecule has 2 rings (SSSR count). The Labute approximate surface area is 190 Å². The van der Waals surface area contributed by atoms with Crippen LogP contribution in [0.3, 0.4) is 0 Å². The van der Waals surface area contributed by atoms with Gasteiger partial charge in [0.15, 0.2) is 5.96 Å². The van der Waals surface area contributed by atoms with Crippen molar-refractivity contribution in [1.29, 1.82) is 0 Å². The Morgan fingerprint density at radius 1 is 1.07 bits per heavy atom. The summed E-state index contributed by atoms with van der Waals surface area (Å²) in [5, 5.41) is 3.34. The first-order chi connectivity index (χ1) is 12.7. The Balaban J connectivity index is 0.00000392. The number of carbonyl (C=O) groups is 1. The highest BCUT2D eigenvalue weighted by Gasteiger charge is 2.30. The first kappa shape index (κ1) is 25.6. The molecule has 2 fully saturated rings. The summed E-state index contributed by atoms with van der Waals surface area (Å²) in [6.07, 6.45) is 2.27. The van der Waals surface area contributed by atoms with E-state index in [2.05, 4.69) is 20.1 Å². The molecule has 2 heterocycles. The number of piperazine rings is 1. The standard InChI is InChI=1S/C19H37N5O2S.HI/c1-16(17(25)23-9-6-7-10-23)22-11-13-24(14-12-22)18(20-5)21-8-15-27(26)19(2,3)4;/h16H,6-15H2,1-5H3,(H,20,21);1H. The number of hydrogen-bond acceptors (Lipinski definition) is 4. The maximum atomic E-state index is 12.6. The molecule has 2 unspecified atom stereocenters. The van der Waals surface area contributed by atoms with Gasteiger partial charge < -0.3 is 15.1 Å². The van der Waals surface area contributed by atoms with Gasteiger partial charge in [-0.05, 0) is 40.5 Å². The predicted molar refractivity (Wildman–Crippen MR) is 128 cm³/mol. The van der Waals surface area contributed by atoms with Crippen LogP contribution >= 0.6 is 24.0 Å². The Bertz CT molecular complexity index is 553. The summed E-state index contributed by atoms with van der Waals surface area (Å²) in [5.74, 6) is 1.75. The lowest BCUT2D eigenvalue weighted by Gasteiger charge is -2.39. The molecule has 28 heavy (non-hydrogen) atoms. The van der Waals surface area contributed by atoms with Crippen LogP contribution in [0.25, 0.3) is 0 Å². The number of amides is 1. The van der Waals surface area contributed by atoms with Crippen LogP contribution in [0.4, 0.5) is 0 Å². The number of aliphatic imine (C=N–C) groups is 1. The summed E-state index contributed by atoms with van der Waals surface area (Å²) in [6, 6.07) is -0.0468. The predicted octanol–water partition coefficient (Wildman–Crippen LogP) is 1.36. The number of nitrogens with one attached hydrogen (secondary N) is 1. The van der Waals surface area contributed by atoms with Gasteiger partial charge in [-0.2, -0.15) is 0 Å². The Morgan fingerprint density at radius 2 is 1.64 bits per heavy atom. The minimum absolute atomic E-state index is 0. The smallest absolute Gasteiger partial charge is 0.239 e. The summed E-state index contributed by atoms with van der Waals surface area (Å²) in [7, 11) is 0.921. The van der Waals surface area contributed by atoms with Crippen LogP contribution in [0.2, 0.25) is 0 Å². The van der Waals surface area contributed by atoms with E-state index in [-0.39, 0.29) is 40.7 Å². The molecule has 2 aliphatic heterocycles. The third-order valence-electron chi connectivity index (χ3n) is 5.40. The third kappa shape index (κ3) is 7.12. The minimum Gasteiger partial charge on any atom is -0.355 e. The van der Waals surface area contributed by atoms with E-state index < -0.39 is 10.8 Å². The average molecular weight is 528 g/mol. The van der Waals surface area contributed by atoms with E-state index in [1.807, 2.05) is 32.6 Å². The molecule has 2 atom stereocenters. The molecule has 2 saturated heterocycles. The average Bonchev–Trinajstić information content (AvgIpc) is 3.18. The molecule has 0 aromatic rings. The fourth-order valence-electron chi connectivity index (χ4n) is 3.57. The molecule has 0 aliphatic carbocycles. The second kappa shape index (κ2) is 11.7. The molecule has 7 nitrogen and oxygen atoms in total. The van der Waals surface area contributed by atoms with Crippen LogP contribution in [0, 0.1) is 0 Å². The van der Waals surface area contributed by atoms with E-state index in [0.717, 1.165) is 58.1 Å². The number of rotatable bonds is 5. The Kier molecular flexibility index (Phi) is 10.7. The molecule has 1 N–H and O–H groups in total. The zero-order chi connectivity index (χ0) is 20.0. The highest BCUT2D eigenvalue weighted by atomic mass is 127. The molecule has 0 saturated carbocycles. The van der Waals surface area contributed by atoms with Gasteiger partial charge >= 0.3 is 0 Å².